The van der Waals surface area contributed by atoms with Crippen molar-refractivity contribution in [2.45, 2.75) is 67.5 Å². The average molecular weight is 457 g/mol. The van der Waals surface area contributed by atoms with Gasteiger partial charge in [0.05, 0.1) is 19.3 Å². The maximum absolute atomic E-state index is 10.6. The summed E-state index contributed by atoms with van der Waals surface area (Å²) >= 11 is 0. The highest BCUT2D eigenvalue weighted by molar-refractivity contribution is 5.22. The lowest BCUT2D eigenvalue weighted by Crippen LogP contribution is -2.64. The van der Waals surface area contributed by atoms with Crippen LogP contribution in [0.2, 0.25) is 0 Å². The smallest absolute Gasteiger partial charge is 0.189 e. The summed E-state index contributed by atoms with van der Waals surface area (Å²) in [5, 5.41) is 79.3. The Labute approximate surface area is 183 Å². The quantitative estimate of drug-likeness (QED) is 0.218. The summed E-state index contributed by atoms with van der Waals surface area (Å²) in [6.07, 6.45) is -16.9. The van der Waals surface area contributed by atoms with Gasteiger partial charge in [-0.15, -0.1) is 0 Å². The van der Waals surface area contributed by atoms with Crippen molar-refractivity contribution < 1.29 is 54.7 Å². The van der Waals surface area contributed by atoms with Crippen LogP contribution in [0.3, 0.4) is 0 Å². The molecule has 2 aliphatic rings. The third-order valence-corrected chi connectivity index (χ3v) is 5.45. The standard InChI is InChI=1S/C20H27NO11/c21-6-10(9-4-2-1-3-5-9)29-20-18(16(27)14(25)12(8-23)31-20)32-19-17(28)15(26)13(24)11(7-22)30-19/h1-5,10-20,22-28H,7-8H2/t10-,11-,12-,13-,14-,15-,16+,17+,18+,19+,20-/m1/s1. The molecule has 178 valence electrons. The van der Waals surface area contributed by atoms with Crippen molar-refractivity contribution in [3.05, 3.63) is 35.9 Å². The summed E-state index contributed by atoms with van der Waals surface area (Å²) in [6, 6.07) is 10.3. The van der Waals surface area contributed by atoms with Crippen molar-refractivity contribution >= 4 is 0 Å². The van der Waals surface area contributed by atoms with E-state index in [1.54, 1.807) is 30.3 Å². The van der Waals surface area contributed by atoms with Crippen LogP contribution in [0.5, 0.6) is 0 Å². The van der Waals surface area contributed by atoms with Gasteiger partial charge < -0.3 is 54.7 Å². The molecule has 0 aromatic heterocycles. The Bertz CT molecular complexity index is 760. The van der Waals surface area contributed by atoms with Crippen LogP contribution in [0, 0.1) is 11.3 Å². The fourth-order valence-electron chi connectivity index (χ4n) is 3.59. The second kappa shape index (κ2) is 10.9. The van der Waals surface area contributed by atoms with Gasteiger partial charge in [-0.3, -0.25) is 0 Å². The van der Waals surface area contributed by atoms with Gasteiger partial charge in [-0.05, 0) is 5.56 Å². The van der Waals surface area contributed by atoms with Crippen LogP contribution in [0.25, 0.3) is 0 Å². The van der Waals surface area contributed by atoms with Gasteiger partial charge in [0.2, 0.25) is 0 Å². The molecule has 0 bridgehead atoms. The van der Waals surface area contributed by atoms with Gasteiger partial charge in [-0.1, -0.05) is 30.3 Å². The van der Waals surface area contributed by atoms with Crippen molar-refractivity contribution in [3.8, 4) is 6.07 Å². The lowest BCUT2D eigenvalue weighted by molar-refractivity contribution is -0.370. The molecule has 12 nitrogen and oxygen atoms in total. The zero-order valence-electron chi connectivity index (χ0n) is 16.9. The van der Waals surface area contributed by atoms with E-state index in [9.17, 15) is 41.0 Å². The number of nitrogens with zero attached hydrogens (tertiary/aromatic N) is 1. The van der Waals surface area contributed by atoms with Crippen LogP contribution in [0.15, 0.2) is 30.3 Å². The molecule has 12 heteroatoms. The molecule has 1 aromatic rings. The summed E-state index contributed by atoms with van der Waals surface area (Å²) < 4.78 is 22.0. The van der Waals surface area contributed by atoms with Gasteiger partial charge in [0.1, 0.15) is 48.8 Å². The van der Waals surface area contributed by atoms with Gasteiger partial charge in [0, 0.05) is 0 Å². The summed E-state index contributed by atoms with van der Waals surface area (Å²) in [5.74, 6) is 0. The van der Waals surface area contributed by atoms with Crippen LogP contribution in [0.1, 0.15) is 11.7 Å². The maximum atomic E-state index is 10.6. The lowest BCUT2D eigenvalue weighted by atomic mass is 9.97. The molecule has 2 aliphatic heterocycles. The van der Waals surface area contributed by atoms with E-state index in [1.807, 2.05) is 6.07 Å². The minimum absolute atomic E-state index is 0.464. The zero-order chi connectivity index (χ0) is 23.4. The highest BCUT2D eigenvalue weighted by Gasteiger charge is 2.51. The Morgan fingerprint density at radius 3 is 1.94 bits per heavy atom. The van der Waals surface area contributed by atoms with Crippen molar-refractivity contribution in [1.82, 2.24) is 0 Å². The summed E-state index contributed by atoms with van der Waals surface area (Å²) in [5.41, 5.74) is 0.464. The van der Waals surface area contributed by atoms with Gasteiger partial charge in [0.25, 0.3) is 0 Å². The monoisotopic (exact) mass is 457 g/mol. The normalized spacial score (nSPS) is 41.1. The third kappa shape index (κ3) is 5.09. The topological polar surface area (TPSA) is 202 Å². The second-order valence-electron chi connectivity index (χ2n) is 7.56. The SMILES string of the molecule is N#C[C@@H](O[C@@H]1O[C@H](CO)[C@@H](O)[C@H](O)[C@@H]1O[C@@H]1O[C@H](CO)[C@@H](O)[C@@H](O)[C@@H]1O)c1ccccc1. The Balaban J connectivity index is 1.83. The highest BCUT2D eigenvalue weighted by atomic mass is 16.8. The highest BCUT2D eigenvalue weighted by Crippen LogP contribution is 2.32. The minimum Gasteiger partial charge on any atom is -0.394 e. The first-order chi connectivity index (χ1) is 15.3. The third-order valence-electron chi connectivity index (χ3n) is 5.45. The first kappa shape index (κ1) is 24.9. The minimum atomic E-state index is -1.78. The molecule has 0 radical (unpaired) electrons. The molecule has 2 heterocycles. The van der Waals surface area contributed by atoms with E-state index in [2.05, 4.69) is 0 Å². The Kier molecular flexibility index (Phi) is 8.50. The van der Waals surface area contributed by atoms with Gasteiger partial charge in [0.15, 0.2) is 18.7 Å². The lowest BCUT2D eigenvalue weighted by Gasteiger charge is -2.46. The molecular formula is C20H27NO11. The van der Waals surface area contributed by atoms with Crippen LogP contribution in [-0.2, 0) is 18.9 Å². The van der Waals surface area contributed by atoms with Crippen LogP contribution in [-0.4, -0.2) is 110 Å². The van der Waals surface area contributed by atoms with Crippen molar-refractivity contribution in [1.29, 1.82) is 5.26 Å². The predicted octanol–water partition coefficient (Wildman–Crippen LogP) is -3.11. The second-order valence-corrected chi connectivity index (χ2v) is 7.56. The Morgan fingerprint density at radius 1 is 0.812 bits per heavy atom. The van der Waals surface area contributed by atoms with Gasteiger partial charge in [-0.2, -0.15) is 5.26 Å². The fourth-order valence-corrected chi connectivity index (χ4v) is 3.59. The molecule has 11 atom stereocenters. The largest absolute Gasteiger partial charge is 0.394 e. The van der Waals surface area contributed by atoms with E-state index in [0.717, 1.165) is 0 Å². The van der Waals surface area contributed by atoms with Gasteiger partial charge >= 0.3 is 0 Å². The van der Waals surface area contributed by atoms with Crippen LogP contribution < -0.4 is 0 Å². The molecule has 7 N–H and O–H groups in total. The summed E-state index contributed by atoms with van der Waals surface area (Å²) in [7, 11) is 0. The molecular weight excluding hydrogens is 430 g/mol. The number of benzene rings is 1. The summed E-state index contributed by atoms with van der Waals surface area (Å²) in [6.45, 7) is -1.37. The zero-order valence-corrected chi connectivity index (χ0v) is 16.9. The first-order valence-electron chi connectivity index (χ1n) is 10.0. The number of nitriles is 1. The number of aliphatic hydroxyl groups is 7. The van der Waals surface area contributed by atoms with E-state index in [-0.39, 0.29) is 0 Å². The van der Waals surface area contributed by atoms with Crippen LogP contribution in [0.4, 0.5) is 0 Å². The maximum Gasteiger partial charge on any atom is 0.189 e. The van der Waals surface area contributed by atoms with Gasteiger partial charge in [-0.25, -0.2) is 0 Å². The molecule has 0 saturated carbocycles. The molecule has 1 aromatic carbocycles. The van der Waals surface area contributed by atoms with Crippen molar-refractivity contribution in [3.63, 3.8) is 0 Å². The molecule has 0 unspecified atom stereocenters. The fraction of sp³-hybridized carbons (Fsp3) is 0.650. The molecule has 0 amide bonds. The number of hydrogen-bond acceptors (Lipinski definition) is 12. The molecule has 2 saturated heterocycles. The Hall–Kier alpha value is -1.73. The predicted molar refractivity (Wildman–Crippen MR) is 102 cm³/mol. The number of rotatable bonds is 7. The van der Waals surface area contributed by atoms with E-state index >= 15 is 0 Å². The molecule has 2 fully saturated rings. The van der Waals surface area contributed by atoms with Crippen molar-refractivity contribution in [2.75, 3.05) is 13.2 Å². The van der Waals surface area contributed by atoms with E-state index in [1.165, 1.54) is 0 Å². The van der Waals surface area contributed by atoms with Crippen LogP contribution >= 0.6 is 0 Å². The summed E-state index contributed by atoms with van der Waals surface area (Å²) in [4.78, 5) is 0. The number of ether oxygens (including phenoxy) is 4. The molecule has 32 heavy (non-hydrogen) atoms. The van der Waals surface area contributed by atoms with E-state index < -0.39 is 80.7 Å². The van der Waals surface area contributed by atoms with Crippen molar-refractivity contribution in [2.24, 2.45) is 0 Å². The molecule has 0 aliphatic carbocycles. The van der Waals surface area contributed by atoms with E-state index in [0.29, 0.717) is 5.56 Å². The molecule has 3 rings (SSSR count). The average Bonchev–Trinajstić information content (AvgIpc) is 2.82. The first-order valence-corrected chi connectivity index (χ1v) is 10.0. The Morgan fingerprint density at radius 2 is 1.38 bits per heavy atom. The van der Waals surface area contributed by atoms with E-state index in [4.69, 9.17) is 18.9 Å². The number of aliphatic hydroxyl groups excluding tert-OH is 7. The number of hydrogen-bond donors (Lipinski definition) is 7. The molecule has 0 spiro atoms.